The monoisotopic (exact) mass is 379 g/mol. The number of nitrogens with zero attached hydrogens (tertiary/aromatic N) is 2. The molecule has 0 saturated heterocycles. The first-order valence-corrected chi connectivity index (χ1v) is 8.53. The second-order valence-electron chi connectivity index (χ2n) is 5.08. The number of rotatable bonds is 8. The van der Waals surface area contributed by atoms with E-state index in [9.17, 15) is 4.79 Å². The smallest absolute Gasteiger partial charge is 0.230 e. The number of nitrogens with one attached hydrogen (secondary N) is 1. The standard InChI is InChI=1S/C16H21N5O4S/c1-23-10-5-12(25-3)11(24-2)4-9(10)7-19-15(22)8-26-16-20-13(17)6-14(18)21-16/h4-6H,7-8H2,1-3H3,(H,19,22)(H4,17,18,20,21). The average Bonchev–Trinajstić information content (AvgIpc) is 2.63. The van der Waals surface area contributed by atoms with Crippen molar-refractivity contribution in [3.05, 3.63) is 23.8 Å². The Hall–Kier alpha value is -2.88. The van der Waals surface area contributed by atoms with Gasteiger partial charge in [0.05, 0.1) is 27.1 Å². The zero-order valence-electron chi connectivity index (χ0n) is 14.7. The summed E-state index contributed by atoms with van der Waals surface area (Å²) in [5, 5.41) is 3.16. The number of aromatic nitrogens is 2. The number of nitrogen functional groups attached to an aromatic ring is 2. The molecule has 0 saturated carbocycles. The molecule has 10 heteroatoms. The maximum Gasteiger partial charge on any atom is 0.230 e. The summed E-state index contributed by atoms with van der Waals surface area (Å²) in [7, 11) is 4.63. The number of benzene rings is 1. The molecule has 0 bridgehead atoms. The van der Waals surface area contributed by atoms with E-state index in [1.165, 1.54) is 6.07 Å². The van der Waals surface area contributed by atoms with Gasteiger partial charge in [0, 0.05) is 24.2 Å². The maximum atomic E-state index is 12.1. The summed E-state index contributed by atoms with van der Waals surface area (Å²) in [6, 6.07) is 4.92. The normalized spacial score (nSPS) is 10.3. The van der Waals surface area contributed by atoms with Crippen molar-refractivity contribution in [3.63, 3.8) is 0 Å². The fourth-order valence-corrected chi connectivity index (χ4v) is 2.83. The number of thioether (sulfide) groups is 1. The molecule has 0 radical (unpaired) electrons. The summed E-state index contributed by atoms with van der Waals surface area (Å²) >= 11 is 1.15. The van der Waals surface area contributed by atoms with Crippen LogP contribution in [0.5, 0.6) is 17.2 Å². The van der Waals surface area contributed by atoms with Crippen LogP contribution in [0.2, 0.25) is 0 Å². The van der Waals surface area contributed by atoms with Crippen LogP contribution in [0.1, 0.15) is 5.56 Å². The molecule has 0 spiro atoms. The molecule has 0 aliphatic heterocycles. The minimum atomic E-state index is -0.198. The second-order valence-corrected chi connectivity index (χ2v) is 6.03. The highest BCUT2D eigenvalue weighted by molar-refractivity contribution is 7.99. The predicted molar refractivity (Wildman–Crippen MR) is 99.5 cm³/mol. The first-order chi connectivity index (χ1) is 12.5. The largest absolute Gasteiger partial charge is 0.496 e. The summed E-state index contributed by atoms with van der Waals surface area (Å²) in [6.45, 7) is 0.267. The Balaban J connectivity index is 1.98. The van der Waals surface area contributed by atoms with Crippen LogP contribution < -0.4 is 31.0 Å². The number of nitrogens with two attached hydrogens (primary N) is 2. The lowest BCUT2D eigenvalue weighted by Gasteiger charge is -2.14. The molecule has 5 N–H and O–H groups in total. The van der Waals surface area contributed by atoms with Gasteiger partial charge < -0.3 is 31.0 Å². The van der Waals surface area contributed by atoms with E-state index >= 15 is 0 Å². The van der Waals surface area contributed by atoms with Gasteiger partial charge >= 0.3 is 0 Å². The molecule has 2 rings (SSSR count). The first-order valence-electron chi connectivity index (χ1n) is 7.55. The maximum absolute atomic E-state index is 12.1. The Morgan fingerprint density at radius 2 is 1.58 bits per heavy atom. The van der Waals surface area contributed by atoms with Crippen LogP contribution >= 0.6 is 11.8 Å². The quantitative estimate of drug-likeness (QED) is 0.455. The molecule has 1 aromatic heterocycles. The van der Waals surface area contributed by atoms with Gasteiger partial charge in [-0.05, 0) is 6.07 Å². The Morgan fingerprint density at radius 1 is 1.00 bits per heavy atom. The molecule has 140 valence electrons. The van der Waals surface area contributed by atoms with Gasteiger partial charge in [-0.25, -0.2) is 9.97 Å². The van der Waals surface area contributed by atoms with Crippen LogP contribution in [-0.4, -0.2) is 43.0 Å². The molecule has 0 unspecified atom stereocenters. The Kier molecular flexibility index (Phi) is 6.73. The average molecular weight is 379 g/mol. The topological polar surface area (TPSA) is 135 Å². The van der Waals surface area contributed by atoms with Crippen LogP contribution in [0.3, 0.4) is 0 Å². The molecule has 1 amide bonds. The number of ether oxygens (including phenoxy) is 3. The van der Waals surface area contributed by atoms with E-state index < -0.39 is 0 Å². The predicted octanol–water partition coefficient (Wildman–Crippen LogP) is 1.08. The van der Waals surface area contributed by atoms with Crippen molar-refractivity contribution >= 4 is 29.3 Å². The van der Waals surface area contributed by atoms with Crippen molar-refractivity contribution in [1.29, 1.82) is 0 Å². The molecule has 0 aliphatic carbocycles. The number of anilines is 2. The Morgan fingerprint density at radius 3 is 2.15 bits per heavy atom. The number of methoxy groups -OCH3 is 3. The Bertz CT molecular complexity index is 767. The molecule has 2 aromatic rings. The Labute approximate surface area is 155 Å². The van der Waals surface area contributed by atoms with Crippen molar-refractivity contribution in [2.75, 3.05) is 38.5 Å². The van der Waals surface area contributed by atoms with Crippen molar-refractivity contribution in [1.82, 2.24) is 15.3 Å². The summed E-state index contributed by atoms with van der Waals surface area (Å²) in [6.07, 6.45) is 0. The third-order valence-corrected chi connectivity index (χ3v) is 4.19. The van der Waals surface area contributed by atoms with Gasteiger partial charge in [0.25, 0.3) is 0 Å². The van der Waals surface area contributed by atoms with E-state index in [4.69, 9.17) is 25.7 Å². The molecule has 0 aliphatic rings. The molecule has 9 nitrogen and oxygen atoms in total. The van der Waals surface area contributed by atoms with Crippen molar-refractivity contribution < 1.29 is 19.0 Å². The van der Waals surface area contributed by atoms with E-state index in [1.54, 1.807) is 33.5 Å². The van der Waals surface area contributed by atoms with Crippen molar-refractivity contribution in [2.24, 2.45) is 0 Å². The number of carbonyl (C=O) groups is 1. The molecule has 1 heterocycles. The van der Waals surface area contributed by atoms with Gasteiger partial charge in [-0.3, -0.25) is 4.79 Å². The zero-order valence-corrected chi connectivity index (χ0v) is 15.6. The number of hydrogen-bond acceptors (Lipinski definition) is 9. The molecule has 1 aromatic carbocycles. The van der Waals surface area contributed by atoms with Crippen molar-refractivity contribution in [2.45, 2.75) is 11.7 Å². The van der Waals surface area contributed by atoms with E-state index in [0.717, 1.165) is 17.3 Å². The second kappa shape index (κ2) is 8.99. The van der Waals surface area contributed by atoms with Gasteiger partial charge in [0.1, 0.15) is 17.4 Å². The summed E-state index contributed by atoms with van der Waals surface area (Å²) in [5.41, 5.74) is 12.0. The van der Waals surface area contributed by atoms with Crippen LogP contribution in [-0.2, 0) is 11.3 Å². The highest BCUT2D eigenvalue weighted by atomic mass is 32.2. The lowest BCUT2D eigenvalue weighted by atomic mass is 10.1. The van der Waals surface area contributed by atoms with E-state index in [-0.39, 0.29) is 29.8 Å². The van der Waals surface area contributed by atoms with Crippen molar-refractivity contribution in [3.8, 4) is 17.2 Å². The van der Waals surface area contributed by atoms with Gasteiger partial charge in [-0.1, -0.05) is 11.8 Å². The van der Waals surface area contributed by atoms with Crippen LogP contribution in [0.4, 0.5) is 11.6 Å². The van der Waals surface area contributed by atoms with Gasteiger partial charge in [0.15, 0.2) is 16.7 Å². The molecule has 26 heavy (non-hydrogen) atoms. The molecular weight excluding hydrogens is 358 g/mol. The van der Waals surface area contributed by atoms with E-state index in [0.29, 0.717) is 22.4 Å². The third kappa shape index (κ3) is 5.06. The SMILES string of the molecule is COc1cc(OC)c(OC)cc1CNC(=O)CSc1nc(N)cc(N)n1. The zero-order chi connectivity index (χ0) is 19.1. The molecule has 0 fully saturated rings. The van der Waals surface area contributed by atoms with Crippen LogP contribution in [0.15, 0.2) is 23.4 Å². The number of amides is 1. The van der Waals surface area contributed by atoms with Crippen LogP contribution in [0.25, 0.3) is 0 Å². The third-order valence-electron chi connectivity index (χ3n) is 3.34. The highest BCUT2D eigenvalue weighted by Gasteiger charge is 2.13. The van der Waals surface area contributed by atoms with Gasteiger partial charge in [-0.2, -0.15) is 0 Å². The minimum Gasteiger partial charge on any atom is -0.496 e. The van der Waals surface area contributed by atoms with E-state index in [2.05, 4.69) is 15.3 Å². The fraction of sp³-hybridized carbons (Fsp3) is 0.312. The lowest BCUT2D eigenvalue weighted by molar-refractivity contribution is -0.118. The number of hydrogen-bond donors (Lipinski definition) is 3. The molecule has 0 atom stereocenters. The minimum absolute atomic E-state index is 0.124. The fourth-order valence-electron chi connectivity index (χ4n) is 2.13. The molecular formula is C16H21N5O4S. The van der Waals surface area contributed by atoms with Crippen LogP contribution in [0, 0.1) is 0 Å². The van der Waals surface area contributed by atoms with E-state index in [1.807, 2.05) is 0 Å². The highest BCUT2D eigenvalue weighted by Crippen LogP contribution is 2.34. The van der Waals surface area contributed by atoms with Gasteiger partial charge in [-0.15, -0.1) is 0 Å². The lowest BCUT2D eigenvalue weighted by Crippen LogP contribution is -2.25. The summed E-state index contributed by atoms with van der Waals surface area (Å²) in [5.74, 6) is 2.13. The summed E-state index contributed by atoms with van der Waals surface area (Å²) in [4.78, 5) is 20.1. The first kappa shape index (κ1) is 19.4. The summed E-state index contributed by atoms with van der Waals surface area (Å²) < 4.78 is 15.8. The number of carbonyl (C=O) groups excluding carboxylic acids is 1. The van der Waals surface area contributed by atoms with Gasteiger partial charge in [0.2, 0.25) is 5.91 Å².